The van der Waals surface area contributed by atoms with E-state index in [1.54, 1.807) is 14.2 Å². The lowest BCUT2D eigenvalue weighted by Gasteiger charge is -2.29. The van der Waals surface area contributed by atoms with Gasteiger partial charge >= 0.3 is 0 Å². The van der Waals surface area contributed by atoms with E-state index < -0.39 is 0 Å². The molecule has 2 unspecified atom stereocenters. The second-order valence-electron chi connectivity index (χ2n) is 8.43. The number of nitrogens with zero attached hydrogens (tertiary/aromatic N) is 2. The summed E-state index contributed by atoms with van der Waals surface area (Å²) in [5.41, 5.74) is 3.97. The van der Waals surface area contributed by atoms with E-state index in [1.165, 1.54) is 0 Å². The van der Waals surface area contributed by atoms with Crippen molar-refractivity contribution in [2.75, 3.05) is 34.0 Å². The van der Waals surface area contributed by atoms with Crippen molar-refractivity contribution in [2.45, 2.75) is 31.9 Å². The zero-order valence-electron chi connectivity index (χ0n) is 19.7. The second-order valence-corrected chi connectivity index (χ2v) is 8.43. The Labute approximate surface area is 198 Å². The van der Waals surface area contributed by atoms with E-state index in [0.29, 0.717) is 30.3 Å². The van der Waals surface area contributed by atoms with Crippen molar-refractivity contribution in [1.82, 2.24) is 15.1 Å². The number of aromatic amines is 1. The fourth-order valence-corrected chi connectivity index (χ4v) is 4.84. The molecule has 0 radical (unpaired) electrons. The highest BCUT2D eigenvalue weighted by atomic mass is 16.5. The van der Waals surface area contributed by atoms with E-state index in [4.69, 9.17) is 18.9 Å². The van der Waals surface area contributed by atoms with Gasteiger partial charge in [-0.2, -0.15) is 5.10 Å². The number of rotatable bonds is 8. The average Bonchev–Trinajstić information content (AvgIpc) is 3.59. The molecule has 3 aromatic rings. The van der Waals surface area contributed by atoms with Gasteiger partial charge in [-0.05, 0) is 61.7 Å². The van der Waals surface area contributed by atoms with Gasteiger partial charge in [-0.3, -0.25) is 9.89 Å². The highest BCUT2D eigenvalue weighted by Crippen LogP contribution is 2.45. The molecule has 1 amide bonds. The minimum absolute atomic E-state index is 0.0254. The Morgan fingerprint density at radius 3 is 2.62 bits per heavy atom. The lowest BCUT2D eigenvalue weighted by molar-refractivity contribution is 0.0495. The Balaban J connectivity index is 1.61. The number of carbonyl (C=O) groups is 1. The molecule has 8 heteroatoms. The third kappa shape index (κ3) is 3.88. The number of hydrogen-bond donors (Lipinski definition) is 1. The number of amides is 1. The van der Waals surface area contributed by atoms with Crippen molar-refractivity contribution in [1.29, 1.82) is 0 Å². The molecule has 0 bridgehead atoms. The number of hydrogen-bond acceptors (Lipinski definition) is 6. The van der Waals surface area contributed by atoms with E-state index in [9.17, 15) is 4.79 Å². The Morgan fingerprint density at radius 2 is 1.94 bits per heavy atom. The number of aromatic nitrogens is 2. The molecule has 2 aliphatic heterocycles. The van der Waals surface area contributed by atoms with Crippen LogP contribution >= 0.6 is 0 Å². The summed E-state index contributed by atoms with van der Waals surface area (Å²) >= 11 is 0. The maximum Gasteiger partial charge on any atom is 0.273 e. The number of H-pyrrole nitrogens is 1. The SMILES string of the molecule is CCOc1ccc(C2c3c(-c4ccc(OC)cc4)n[nH]c3C(=O)N2CC2CCCO2)cc1OC. The molecule has 1 aromatic heterocycles. The van der Waals surface area contributed by atoms with E-state index in [0.717, 1.165) is 47.6 Å². The number of benzene rings is 2. The van der Waals surface area contributed by atoms with Gasteiger partial charge in [0.1, 0.15) is 11.4 Å². The molecule has 1 saturated heterocycles. The highest BCUT2D eigenvalue weighted by molar-refractivity contribution is 6.00. The zero-order valence-corrected chi connectivity index (χ0v) is 19.7. The van der Waals surface area contributed by atoms with Crippen LogP contribution in [0.1, 0.15) is 47.4 Å². The molecular weight excluding hydrogens is 434 g/mol. The van der Waals surface area contributed by atoms with Crippen LogP contribution in [0.4, 0.5) is 0 Å². The van der Waals surface area contributed by atoms with Crippen molar-refractivity contribution < 1.29 is 23.7 Å². The summed E-state index contributed by atoms with van der Waals surface area (Å²) in [5.74, 6) is 1.99. The van der Waals surface area contributed by atoms with Crippen LogP contribution in [0.5, 0.6) is 17.2 Å². The molecule has 2 aliphatic rings. The Hall–Kier alpha value is -3.52. The van der Waals surface area contributed by atoms with Crippen molar-refractivity contribution in [3.05, 3.63) is 59.3 Å². The van der Waals surface area contributed by atoms with Crippen molar-refractivity contribution in [2.24, 2.45) is 0 Å². The summed E-state index contributed by atoms with van der Waals surface area (Å²) in [6.07, 6.45) is 1.98. The van der Waals surface area contributed by atoms with E-state index >= 15 is 0 Å². The Bertz CT molecular complexity index is 1170. The van der Waals surface area contributed by atoms with Gasteiger partial charge in [0.2, 0.25) is 0 Å². The number of nitrogens with one attached hydrogen (secondary N) is 1. The normalized spacial score (nSPS) is 19.4. The van der Waals surface area contributed by atoms with Crippen LogP contribution in [0.15, 0.2) is 42.5 Å². The van der Waals surface area contributed by atoms with Crippen LogP contribution < -0.4 is 14.2 Å². The first-order valence-corrected chi connectivity index (χ1v) is 11.6. The molecular formula is C26H29N3O5. The predicted molar refractivity (Wildman–Crippen MR) is 127 cm³/mol. The lowest BCUT2D eigenvalue weighted by Crippen LogP contribution is -2.36. The monoisotopic (exact) mass is 463 g/mol. The van der Waals surface area contributed by atoms with Gasteiger partial charge in [-0.1, -0.05) is 6.07 Å². The number of carbonyl (C=O) groups excluding carboxylic acids is 1. The topological polar surface area (TPSA) is 85.9 Å². The molecule has 2 aromatic carbocycles. The summed E-state index contributed by atoms with van der Waals surface area (Å²) in [7, 11) is 3.26. The van der Waals surface area contributed by atoms with Crippen molar-refractivity contribution >= 4 is 5.91 Å². The lowest BCUT2D eigenvalue weighted by atomic mass is 9.95. The largest absolute Gasteiger partial charge is 0.497 e. The number of fused-ring (bicyclic) bond motifs is 1. The number of ether oxygens (including phenoxy) is 4. The molecule has 8 nitrogen and oxygen atoms in total. The zero-order chi connectivity index (χ0) is 23.7. The van der Waals surface area contributed by atoms with Gasteiger partial charge in [0, 0.05) is 24.3 Å². The minimum Gasteiger partial charge on any atom is -0.497 e. The van der Waals surface area contributed by atoms with Gasteiger partial charge in [-0.25, -0.2) is 0 Å². The summed E-state index contributed by atoms with van der Waals surface area (Å²) < 4.78 is 22.5. The predicted octanol–water partition coefficient (Wildman–Crippen LogP) is 4.22. The molecule has 34 heavy (non-hydrogen) atoms. The van der Waals surface area contributed by atoms with Crippen molar-refractivity contribution in [3.63, 3.8) is 0 Å². The Morgan fingerprint density at radius 1 is 1.12 bits per heavy atom. The van der Waals surface area contributed by atoms with Crippen LogP contribution in [0.3, 0.4) is 0 Å². The average molecular weight is 464 g/mol. The highest BCUT2D eigenvalue weighted by Gasteiger charge is 2.43. The summed E-state index contributed by atoms with van der Waals surface area (Å²) in [6, 6.07) is 13.2. The molecule has 2 atom stereocenters. The molecule has 1 N–H and O–H groups in total. The minimum atomic E-state index is -0.327. The summed E-state index contributed by atoms with van der Waals surface area (Å²) in [5, 5.41) is 7.55. The van der Waals surface area contributed by atoms with Crippen molar-refractivity contribution in [3.8, 4) is 28.5 Å². The van der Waals surface area contributed by atoms with Crippen LogP contribution in [0.25, 0.3) is 11.3 Å². The van der Waals surface area contributed by atoms with Crippen LogP contribution in [-0.2, 0) is 4.74 Å². The van der Waals surface area contributed by atoms with Gasteiger partial charge in [0.25, 0.3) is 5.91 Å². The van der Waals surface area contributed by atoms with Gasteiger partial charge in [0.05, 0.1) is 38.7 Å². The number of methoxy groups -OCH3 is 2. The maximum atomic E-state index is 13.6. The third-order valence-electron chi connectivity index (χ3n) is 6.45. The molecule has 0 spiro atoms. The van der Waals surface area contributed by atoms with E-state index in [-0.39, 0.29) is 18.1 Å². The van der Waals surface area contributed by atoms with Crippen LogP contribution in [0, 0.1) is 0 Å². The smallest absolute Gasteiger partial charge is 0.273 e. The fourth-order valence-electron chi connectivity index (χ4n) is 4.84. The second kappa shape index (κ2) is 9.38. The first-order chi connectivity index (χ1) is 16.6. The van der Waals surface area contributed by atoms with Crippen LogP contribution in [-0.4, -0.2) is 61.1 Å². The Kier molecular flexibility index (Phi) is 6.15. The summed E-state index contributed by atoms with van der Waals surface area (Å²) in [6.45, 7) is 3.73. The van der Waals surface area contributed by atoms with Gasteiger partial charge in [0.15, 0.2) is 11.5 Å². The molecule has 178 valence electrons. The molecule has 5 rings (SSSR count). The van der Waals surface area contributed by atoms with Gasteiger partial charge in [-0.15, -0.1) is 0 Å². The molecule has 3 heterocycles. The third-order valence-corrected chi connectivity index (χ3v) is 6.45. The van der Waals surface area contributed by atoms with Crippen LogP contribution in [0.2, 0.25) is 0 Å². The van der Waals surface area contributed by atoms with E-state index in [1.807, 2.05) is 54.3 Å². The van der Waals surface area contributed by atoms with Gasteiger partial charge < -0.3 is 23.8 Å². The first-order valence-electron chi connectivity index (χ1n) is 11.6. The maximum absolute atomic E-state index is 13.6. The first kappa shape index (κ1) is 22.3. The molecule has 1 fully saturated rings. The quantitative estimate of drug-likeness (QED) is 0.539. The molecule has 0 aliphatic carbocycles. The fraction of sp³-hybridized carbons (Fsp3) is 0.385. The summed E-state index contributed by atoms with van der Waals surface area (Å²) in [4.78, 5) is 15.5. The van der Waals surface area contributed by atoms with E-state index in [2.05, 4.69) is 10.2 Å². The standard InChI is InChI=1S/C26H29N3O5/c1-4-33-20-12-9-17(14-21(20)32-3)25-22-23(16-7-10-18(31-2)11-8-16)27-28-24(22)26(30)29(25)15-19-6-5-13-34-19/h7-12,14,19,25H,4-6,13,15H2,1-3H3,(H,27,28). The molecule has 0 saturated carbocycles.